The van der Waals surface area contributed by atoms with Gasteiger partial charge in [0.1, 0.15) is 23.9 Å². The van der Waals surface area contributed by atoms with Gasteiger partial charge in [0.05, 0.1) is 17.5 Å². The van der Waals surface area contributed by atoms with Crippen molar-refractivity contribution < 1.29 is 34.0 Å². The van der Waals surface area contributed by atoms with Gasteiger partial charge in [0.15, 0.2) is 0 Å². The standard InChI is InChI=1S/C28H35N7O8/c1-16(32-27(40)21(29)13-17-6-10-20(36)11-7-17)26(39)31-15-24(37)33-22(14-18-4-8-19(9-5-18)35(42)43)28(41)34-12-2-3-23(34)25(30)38/h4-11,16,21-23,36H,2-3,12-15,29H2,1H3,(H2,30,38)(H,31,39)(H,32,40)(H,33,37)/t16-,21-,22+,23+/m1/s1. The first-order chi connectivity index (χ1) is 20.3. The molecule has 230 valence electrons. The van der Waals surface area contributed by atoms with Crippen LogP contribution in [0.15, 0.2) is 48.5 Å². The molecule has 8 N–H and O–H groups in total. The fourth-order valence-corrected chi connectivity index (χ4v) is 4.65. The summed E-state index contributed by atoms with van der Waals surface area (Å²) in [5.74, 6) is -3.13. The minimum Gasteiger partial charge on any atom is -0.508 e. The zero-order chi connectivity index (χ0) is 31.7. The topological polar surface area (TPSA) is 240 Å². The number of primary amides is 1. The SMILES string of the molecule is C[C@@H](NC(=O)[C@H](N)Cc1ccc(O)cc1)C(=O)NCC(=O)N[C@@H](Cc1ccc([N+](=O)[O-])cc1)C(=O)N1CCC[C@H]1C(N)=O. The number of phenols is 1. The van der Waals surface area contributed by atoms with Gasteiger partial charge in [0.2, 0.25) is 29.5 Å². The third-order valence-corrected chi connectivity index (χ3v) is 6.99. The average Bonchev–Trinajstić information content (AvgIpc) is 3.47. The number of nitro groups is 1. The van der Waals surface area contributed by atoms with Crippen LogP contribution < -0.4 is 27.4 Å². The summed E-state index contributed by atoms with van der Waals surface area (Å²) < 4.78 is 0. The van der Waals surface area contributed by atoms with Crippen LogP contribution in [-0.4, -0.2) is 81.7 Å². The summed E-state index contributed by atoms with van der Waals surface area (Å²) in [4.78, 5) is 74.8. The summed E-state index contributed by atoms with van der Waals surface area (Å²) in [6, 6.07) is 7.64. The van der Waals surface area contributed by atoms with Crippen molar-refractivity contribution in [1.29, 1.82) is 0 Å². The molecule has 0 radical (unpaired) electrons. The van der Waals surface area contributed by atoms with Gasteiger partial charge >= 0.3 is 0 Å². The first kappa shape index (κ1) is 32.5. The summed E-state index contributed by atoms with van der Waals surface area (Å²) in [6.45, 7) is 1.15. The van der Waals surface area contributed by atoms with E-state index in [4.69, 9.17) is 11.5 Å². The van der Waals surface area contributed by atoms with Crippen molar-refractivity contribution in [3.8, 4) is 5.75 Å². The Morgan fingerprint density at radius 1 is 1.00 bits per heavy atom. The zero-order valence-electron chi connectivity index (χ0n) is 23.5. The number of aromatic hydroxyl groups is 1. The number of non-ortho nitro benzene ring substituents is 1. The molecule has 1 fully saturated rings. The highest BCUT2D eigenvalue weighted by Crippen LogP contribution is 2.20. The normalized spacial score (nSPS) is 16.4. The maximum Gasteiger partial charge on any atom is 0.269 e. The van der Waals surface area contributed by atoms with Gasteiger partial charge in [-0.15, -0.1) is 0 Å². The van der Waals surface area contributed by atoms with E-state index in [1.165, 1.54) is 48.2 Å². The summed E-state index contributed by atoms with van der Waals surface area (Å²) in [5, 5.41) is 27.8. The fraction of sp³-hybridized carbons (Fsp3) is 0.393. The lowest BCUT2D eigenvalue weighted by atomic mass is 10.0. The van der Waals surface area contributed by atoms with E-state index >= 15 is 0 Å². The van der Waals surface area contributed by atoms with Gasteiger partial charge in [-0.3, -0.25) is 34.1 Å². The van der Waals surface area contributed by atoms with E-state index in [2.05, 4.69) is 16.0 Å². The molecule has 1 aliphatic heterocycles. The Morgan fingerprint density at radius 3 is 2.21 bits per heavy atom. The Balaban J connectivity index is 1.59. The average molecular weight is 598 g/mol. The molecule has 0 saturated carbocycles. The number of nitrogens with zero attached hydrogens (tertiary/aromatic N) is 2. The first-order valence-electron chi connectivity index (χ1n) is 13.6. The van der Waals surface area contributed by atoms with Crippen molar-refractivity contribution in [2.45, 2.75) is 56.8 Å². The molecule has 43 heavy (non-hydrogen) atoms. The molecule has 0 aromatic heterocycles. The first-order valence-corrected chi connectivity index (χ1v) is 13.6. The van der Waals surface area contributed by atoms with Crippen LogP contribution in [0.4, 0.5) is 5.69 Å². The van der Waals surface area contributed by atoms with Crippen LogP contribution in [0.2, 0.25) is 0 Å². The number of nitrogens with two attached hydrogens (primary N) is 2. The van der Waals surface area contributed by atoms with E-state index in [-0.39, 0.29) is 30.8 Å². The molecule has 1 saturated heterocycles. The molecule has 2 aromatic rings. The second-order valence-electron chi connectivity index (χ2n) is 10.3. The number of likely N-dealkylation sites (tertiary alicyclic amines) is 1. The molecular weight excluding hydrogens is 562 g/mol. The predicted molar refractivity (Wildman–Crippen MR) is 153 cm³/mol. The number of nitro benzene ring substituents is 1. The highest BCUT2D eigenvalue weighted by molar-refractivity contribution is 5.94. The van der Waals surface area contributed by atoms with E-state index in [1.807, 2.05) is 0 Å². The molecule has 5 amide bonds. The van der Waals surface area contributed by atoms with E-state index < -0.39 is 65.2 Å². The number of amides is 5. The van der Waals surface area contributed by atoms with E-state index in [1.54, 1.807) is 12.1 Å². The smallest absolute Gasteiger partial charge is 0.269 e. The predicted octanol–water partition coefficient (Wildman–Crippen LogP) is -1.01. The molecule has 4 atom stereocenters. The lowest BCUT2D eigenvalue weighted by molar-refractivity contribution is -0.384. The van der Waals surface area contributed by atoms with Crippen molar-refractivity contribution in [3.05, 3.63) is 69.8 Å². The fourth-order valence-electron chi connectivity index (χ4n) is 4.65. The van der Waals surface area contributed by atoms with Gasteiger partial charge in [-0.05, 0) is 49.4 Å². The molecule has 3 rings (SSSR count). The minimum atomic E-state index is -1.15. The summed E-state index contributed by atoms with van der Waals surface area (Å²) in [7, 11) is 0. The number of hydrogen-bond acceptors (Lipinski definition) is 9. The second kappa shape index (κ2) is 14.7. The highest BCUT2D eigenvalue weighted by Gasteiger charge is 2.36. The van der Waals surface area contributed by atoms with E-state index in [9.17, 15) is 39.2 Å². The lowest BCUT2D eigenvalue weighted by Gasteiger charge is -2.28. The van der Waals surface area contributed by atoms with E-state index in [0.29, 0.717) is 24.0 Å². The van der Waals surface area contributed by atoms with Crippen LogP contribution in [0.3, 0.4) is 0 Å². The Hall–Kier alpha value is -5.05. The number of carbonyl (C=O) groups is 5. The Morgan fingerprint density at radius 2 is 1.60 bits per heavy atom. The molecule has 1 heterocycles. The third-order valence-electron chi connectivity index (χ3n) is 6.99. The maximum absolute atomic E-state index is 13.4. The molecule has 0 aliphatic carbocycles. The number of carbonyl (C=O) groups excluding carboxylic acids is 5. The van der Waals surface area contributed by atoms with Gasteiger partial charge in [-0.1, -0.05) is 24.3 Å². The second-order valence-corrected chi connectivity index (χ2v) is 10.3. The monoisotopic (exact) mass is 597 g/mol. The van der Waals surface area contributed by atoms with Crippen LogP contribution in [0.1, 0.15) is 30.9 Å². The Bertz CT molecular complexity index is 1350. The Kier molecular flexibility index (Phi) is 11.1. The molecule has 0 bridgehead atoms. The molecule has 15 heteroatoms. The molecule has 0 spiro atoms. The largest absolute Gasteiger partial charge is 0.508 e. The molecular formula is C28H35N7O8. The van der Waals surface area contributed by atoms with Crippen molar-refractivity contribution in [3.63, 3.8) is 0 Å². The van der Waals surface area contributed by atoms with Gasteiger partial charge < -0.3 is 37.4 Å². The van der Waals surface area contributed by atoms with Crippen LogP contribution in [-0.2, 0) is 36.8 Å². The number of nitrogens with one attached hydrogen (secondary N) is 3. The van der Waals surface area contributed by atoms with Gasteiger partial charge in [-0.2, -0.15) is 0 Å². The molecule has 0 unspecified atom stereocenters. The van der Waals surface area contributed by atoms with Crippen molar-refractivity contribution in [2.24, 2.45) is 11.5 Å². The summed E-state index contributed by atoms with van der Waals surface area (Å²) >= 11 is 0. The van der Waals surface area contributed by atoms with Gasteiger partial charge in [0, 0.05) is 25.1 Å². The highest BCUT2D eigenvalue weighted by atomic mass is 16.6. The number of phenolic OH excluding ortho intramolecular Hbond substituents is 1. The molecule has 15 nitrogen and oxygen atoms in total. The van der Waals surface area contributed by atoms with Crippen LogP contribution in [0.5, 0.6) is 5.75 Å². The minimum absolute atomic E-state index is 0.0378. The number of benzene rings is 2. The number of hydrogen-bond donors (Lipinski definition) is 6. The van der Waals surface area contributed by atoms with Crippen molar-refractivity contribution in [2.75, 3.05) is 13.1 Å². The zero-order valence-corrected chi connectivity index (χ0v) is 23.5. The van der Waals surface area contributed by atoms with Crippen molar-refractivity contribution >= 4 is 35.2 Å². The third kappa shape index (κ3) is 9.22. The Labute approximate surface area is 247 Å². The molecule has 1 aliphatic rings. The maximum atomic E-state index is 13.4. The summed E-state index contributed by atoms with van der Waals surface area (Å²) in [5.41, 5.74) is 12.5. The summed E-state index contributed by atoms with van der Waals surface area (Å²) in [6.07, 6.45) is 1.07. The quantitative estimate of drug-likeness (QED) is 0.122. The number of rotatable bonds is 13. The van der Waals surface area contributed by atoms with Gasteiger partial charge in [-0.25, -0.2) is 0 Å². The van der Waals surface area contributed by atoms with E-state index in [0.717, 1.165) is 0 Å². The molecule has 2 aromatic carbocycles. The van der Waals surface area contributed by atoms with Gasteiger partial charge in [0.25, 0.3) is 5.69 Å². The lowest BCUT2D eigenvalue weighted by Crippen LogP contribution is -2.55. The van der Waals surface area contributed by atoms with Crippen molar-refractivity contribution in [1.82, 2.24) is 20.9 Å². The van der Waals surface area contributed by atoms with Crippen LogP contribution in [0, 0.1) is 10.1 Å². The van der Waals surface area contributed by atoms with Crippen LogP contribution >= 0.6 is 0 Å². The van der Waals surface area contributed by atoms with Crippen LogP contribution in [0.25, 0.3) is 0 Å².